The van der Waals surface area contributed by atoms with Crippen molar-refractivity contribution < 1.29 is 21.6 Å². The lowest BCUT2D eigenvalue weighted by Crippen LogP contribution is -2.34. The average Bonchev–Trinajstić information content (AvgIpc) is 3.25. The molecule has 33 heavy (non-hydrogen) atoms. The van der Waals surface area contributed by atoms with Crippen LogP contribution in [0, 0.1) is 0 Å². The summed E-state index contributed by atoms with van der Waals surface area (Å²) in [6.07, 6.45) is 0.287. The van der Waals surface area contributed by atoms with Gasteiger partial charge < -0.3 is 4.90 Å². The molecule has 0 radical (unpaired) electrons. The van der Waals surface area contributed by atoms with Gasteiger partial charge in [0.1, 0.15) is 0 Å². The highest BCUT2D eigenvalue weighted by Gasteiger charge is 2.36. The zero-order valence-corrected chi connectivity index (χ0v) is 21.3. The van der Waals surface area contributed by atoms with Crippen molar-refractivity contribution in [2.24, 2.45) is 0 Å². The second-order valence-corrected chi connectivity index (χ2v) is 13.6. The number of benzene rings is 2. The van der Waals surface area contributed by atoms with Crippen LogP contribution in [0.2, 0.25) is 5.02 Å². The smallest absolute Gasteiger partial charge is 0.240 e. The summed E-state index contributed by atoms with van der Waals surface area (Å²) >= 11 is 5.83. The van der Waals surface area contributed by atoms with Crippen LogP contribution in [0.4, 0.5) is 0 Å². The van der Waals surface area contributed by atoms with Crippen molar-refractivity contribution in [3.63, 3.8) is 0 Å². The third-order valence-electron chi connectivity index (χ3n) is 5.74. The first kappa shape index (κ1) is 25.7. The molecule has 10 heteroatoms. The monoisotopic (exact) mass is 512 g/mol. The summed E-state index contributed by atoms with van der Waals surface area (Å²) < 4.78 is 53.2. The number of nitrogens with one attached hydrogen (secondary N) is 1. The van der Waals surface area contributed by atoms with Crippen LogP contribution >= 0.6 is 11.6 Å². The van der Waals surface area contributed by atoms with Crippen molar-refractivity contribution in [3.05, 3.63) is 59.1 Å². The molecule has 1 N–H and O–H groups in total. The van der Waals surface area contributed by atoms with Crippen molar-refractivity contribution >= 4 is 37.4 Å². The van der Waals surface area contributed by atoms with Crippen LogP contribution in [0.5, 0.6) is 0 Å². The minimum absolute atomic E-state index is 0.0486. The van der Waals surface area contributed by atoms with Gasteiger partial charge in [0.25, 0.3) is 0 Å². The molecule has 0 aromatic heterocycles. The minimum Gasteiger partial charge on any atom is -0.341 e. The van der Waals surface area contributed by atoms with Crippen molar-refractivity contribution in [1.82, 2.24) is 9.62 Å². The Morgan fingerprint density at radius 3 is 2.15 bits per heavy atom. The van der Waals surface area contributed by atoms with Gasteiger partial charge >= 0.3 is 0 Å². The number of likely N-dealkylation sites (tertiary alicyclic amines) is 1. The third-order valence-corrected chi connectivity index (χ3v) is 9.66. The number of hydrogen-bond donors (Lipinski definition) is 1. The Bertz CT molecular complexity index is 1200. The van der Waals surface area contributed by atoms with Gasteiger partial charge in [-0.1, -0.05) is 44.5 Å². The zero-order valence-electron chi connectivity index (χ0n) is 18.9. The van der Waals surface area contributed by atoms with Crippen LogP contribution in [0.15, 0.2) is 58.3 Å². The predicted octanol–water partition coefficient (Wildman–Crippen LogP) is 3.38. The van der Waals surface area contributed by atoms with Crippen molar-refractivity contribution in [1.29, 1.82) is 0 Å². The number of carbonyl (C=O) groups excluding carboxylic acids is 1. The Morgan fingerprint density at radius 1 is 1.00 bits per heavy atom. The van der Waals surface area contributed by atoms with Gasteiger partial charge in [0.15, 0.2) is 9.84 Å². The van der Waals surface area contributed by atoms with Crippen molar-refractivity contribution in [2.45, 2.75) is 54.1 Å². The molecule has 1 heterocycles. The highest BCUT2D eigenvalue weighted by Crippen LogP contribution is 2.26. The van der Waals surface area contributed by atoms with E-state index in [1.54, 1.807) is 24.3 Å². The lowest BCUT2D eigenvalue weighted by atomic mass is 9.87. The number of nitrogens with zero attached hydrogens (tertiary/aromatic N) is 1. The van der Waals surface area contributed by atoms with Crippen molar-refractivity contribution in [2.75, 3.05) is 19.6 Å². The van der Waals surface area contributed by atoms with Crippen LogP contribution in [0.3, 0.4) is 0 Å². The molecule has 0 aliphatic carbocycles. The first-order chi connectivity index (χ1) is 15.3. The van der Waals surface area contributed by atoms with Gasteiger partial charge in [-0.2, -0.15) is 0 Å². The highest BCUT2D eigenvalue weighted by molar-refractivity contribution is 7.92. The number of sulfonamides is 1. The van der Waals surface area contributed by atoms with Gasteiger partial charge in [-0.15, -0.1) is 0 Å². The molecule has 2 aromatic carbocycles. The summed E-state index contributed by atoms with van der Waals surface area (Å²) in [4.78, 5) is 14.3. The molecule has 1 aliphatic heterocycles. The maximum absolute atomic E-state index is 12.8. The first-order valence-corrected chi connectivity index (χ1v) is 14.1. The number of amides is 1. The SMILES string of the molecule is CC(C)(C)c1ccc(S(=O)(=O)NCCC(=O)N2CCC(S(=O)(=O)c3ccc(Cl)cc3)C2)cc1. The largest absolute Gasteiger partial charge is 0.341 e. The molecule has 1 saturated heterocycles. The Balaban J connectivity index is 1.54. The average molecular weight is 513 g/mol. The van der Waals surface area contributed by atoms with E-state index in [1.807, 2.05) is 20.8 Å². The molecule has 0 spiro atoms. The quantitative estimate of drug-likeness (QED) is 0.613. The van der Waals surface area contributed by atoms with Crippen LogP contribution in [0.1, 0.15) is 39.2 Å². The molecule has 0 bridgehead atoms. The number of sulfone groups is 1. The van der Waals surface area contributed by atoms with Crippen LogP contribution < -0.4 is 4.72 Å². The van der Waals surface area contributed by atoms with Gasteiger partial charge in [0.05, 0.1) is 15.0 Å². The second-order valence-electron chi connectivity index (χ2n) is 9.17. The number of halogens is 1. The number of rotatable bonds is 7. The molecule has 7 nitrogen and oxygen atoms in total. The number of hydrogen-bond acceptors (Lipinski definition) is 5. The molecule has 1 unspecified atom stereocenters. The molecule has 2 aromatic rings. The van der Waals surface area contributed by atoms with E-state index in [-0.39, 0.29) is 40.6 Å². The summed E-state index contributed by atoms with van der Waals surface area (Å²) in [7, 11) is -7.32. The van der Waals surface area contributed by atoms with Gasteiger partial charge in [-0.3, -0.25) is 4.79 Å². The Hall–Kier alpha value is -1.94. The standard InChI is InChI=1S/C23H29ClN2O5S2/c1-23(2,3)17-4-8-20(9-5-17)33(30,31)25-14-12-22(27)26-15-13-21(16-26)32(28,29)19-10-6-18(24)7-11-19/h4-11,21,25H,12-16H2,1-3H3. The van der Waals surface area contributed by atoms with E-state index < -0.39 is 25.1 Å². The second kappa shape index (κ2) is 9.74. The van der Waals surface area contributed by atoms with Crippen molar-refractivity contribution in [3.8, 4) is 0 Å². The summed E-state index contributed by atoms with van der Waals surface area (Å²) in [5, 5.41) is -0.245. The van der Waals surface area contributed by atoms with E-state index in [0.717, 1.165) is 5.56 Å². The van der Waals surface area contributed by atoms with Crippen LogP contribution in [-0.4, -0.2) is 52.5 Å². The van der Waals surface area contributed by atoms with E-state index in [2.05, 4.69) is 4.72 Å². The summed E-state index contributed by atoms with van der Waals surface area (Å²) in [6.45, 7) is 6.48. The molecule has 1 fully saturated rings. The predicted molar refractivity (Wildman–Crippen MR) is 129 cm³/mol. The fourth-order valence-corrected chi connectivity index (χ4v) is 6.54. The molecule has 0 saturated carbocycles. The summed E-state index contributed by atoms with van der Waals surface area (Å²) in [5.41, 5.74) is 0.935. The van der Waals surface area contributed by atoms with E-state index in [9.17, 15) is 21.6 Å². The fourth-order valence-electron chi connectivity index (χ4n) is 3.69. The molecule has 1 amide bonds. The Labute approximate surface area is 201 Å². The lowest BCUT2D eigenvalue weighted by Gasteiger charge is -2.19. The fraction of sp³-hybridized carbons (Fsp3) is 0.435. The maximum Gasteiger partial charge on any atom is 0.240 e. The number of carbonyl (C=O) groups is 1. The normalized spacial score (nSPS) is 17.3. The highest BCUT2D eigenvalue weighted by atomic mass is 35.5. The molecule has 3 rings (SSSR count). The first-order valence-electron chi connectivity index (χ1n) is 10.7. The molecule has 1 aliphatic rings. The maximum atomic E-state index is 12.8. The molecule has 180 valence electrons. The molecular formula is C23H29ClN2O5S2. The lowest BCUT2D eigenvalue weighted by molar-refractivity contribution is -0.129. The van der Waals surface area contributed by atoms with Gasteiger partial charge in [0, 0.05) is 31.1 Å². The minimum atomic E-state index is -3.74. The van der Waals surface area contributed by atoms with Crippen LogP contribution in [-0.2, 0) is 30.1 Å². The Morgan fingerprint density at radius 2 is 1.58 bits per heavy atom. The Kier molecular flexibility index (Phi) is 7.58. The zero-order chi connectivity index (χ0) is 24.4. The van der Waals surface area contributed by atoms with E-state index in [4.69, 9.17) is 11.6 Å². The summed E-state index contributed by atoms with van der Waals surface area (Å²) in [6, 6.07) is 12.6. The van der Waals surface area contributed by atoms with E-state index in [1.165, 1.54) is 29.2 Å². The van der Waals surface area contributed by atoms with E-state index in [0.29, 0.717) is 18.0 Å². The van der Waals surface area contributed by atoms with Gasteiger partial charge in [-0.05, 0) is 53.8 Å². The van der Waals surface area contributed by atoms with E-state index >= 15 is 0 Å². The van der Waals surface area contributed by atoms with Gasteiger partial charge in [-0.25, -0.2) is 21.6 Å². The van der Waals surface area contributed by atoms with Crippen LogP contribution in [0.25, 0.3) is 0 Å². The third kappa shape index (κ3) is 6.15. The molecule has 1 atom stereocenters. The topological polar surface area (TPSA) is 101 Å². The van der Waals surface area contributed by atoms with Gasteiger partial charge in [0.2, 0.25) is 15.9 Å². The molecular weight excluding hydrogens is 484 g/mol. The summed E-state index contributed by atoms with van der Waals surface area (Å²) in [5.74, 6) is -0.283.